The van der Waals surface area contributed by atoms with Gasteiger partial charge < -0.3 is 10.1 Å². The maximum absolute atomic E-state index is 12.3. The lowest BCUT2D eigenvalue weighted by Crippen LogP contribution is -2.44. The van der Waals surface area contributed by atoms with Crippen molar-refractivity contribution in [2.24, 2.45) is 0 Å². The maximum atomic E-state index is 12.3. The molecule has 8 heteroatoms. The summed E-state index contributed by atoms with van der Waals surface area (Å²) in [5.41, 5.74) is 0.864. The van der Waals surface area contributed by atoms with Crippen LogP contribution in [0.15, 0.2) is 53.4 Å². The molecule has 2 rings (SSSR count). The van der Waals surface area contributed by atoms with E-state index in [9.17, 15) is 13.2 Å². The highest BCUT2D eigenvalue weighted by atomic mass is 35.5. The molecule has 2 N–H and O–H groups in total. The number of ether oxygens (including phenoxy) is 1. The van der Waals surface area contributed by atoms with Crippen molar-refractivity contribution in [3.05, 3.63) is 59.1 Å². The molecule has 25 heavy (non-hydrogen) atoms. The first kappa shape index (κ1) is 19.2. The van der Waals surface area contributed by atoms with Crippen LogP contribution in [0.1, 0.15) is 12.5 Å². The fourth-order valence-electron chi connectivity index (χ4n) is 2.05. The van der Waals surface area contributed by atoms with Gasteiger partial charge in [-0.3, -0.25) is 4.79 Å². The van der Waals surface area contributed by atoms with E-state index in [1.165, 1.54) is 26.2 Å². The Kier molecular flexibility index (Phi) is 6.41. The van der Waals surface area contributed by atoms with E-state index in [1.54, 1.807) is 36.4 Å². The smallest absolute Gasteiger partial charge is 0.241 e. The molecule has 0 heterocycles. The SMILES string of the molecule is COc1ccc(S(=O)(=O)NC(C)C(=O)NCc2ccc(Cl)cc2)cc1. The lowest BCUT2D eigenvalue weighted by Gasteiger charge is -2.15. The molecule has 0 aliphatic heterocycles. The predicted molar refractivity (Wildman–Crippen MR) is 96.1 cm³/mol. The minimum atomic E-state index is -3.80. The Morgan fingerprint density at radius 1 is 1.12 bits per heavy atom. The van der Waals surface area contributed by atoms with Crippen LogP contribution in [0.5, 0.6) is 5.75 Å². The van der Waals surface area contributed by atoms with Crippen molar-refractivity contribution in [2.75, 3.05) is 7.11 Å². The summed E-state index contributed by atoms with van der Waals surface area (Å²) in [4.78, 5) is 12.2. The number of benzene rings is 2. The zero-order valence-electron chi connectivity index (χ0n) is 13.8. The quantitative estimate of drug-likeness (QED) is 0.769. The Labute approximate surface area is 152 Å². The highest BCUT2D eigenvalue weighted by Crippen LogP contribution is 2.15. The van der Waals surface area contributed by atoms with Gasteiger partial charge >= 0.3 is 0 Å². The molecule has 2 aromatic rings. The fourth-order valence-corrected chi connectivity index (χ4v) is 3.38. The third-order valence-corrected chi connectivity index (χ3v) is 5.28. The van der Waals surface area contributed by atoms with E-state index in [-0.39, 0.29) is 11.4 Å². The molecule has 2 aromatic carbocycles. The lowest BCUT2D eigenvalue weighted by atomic mass is 10.2. The number of hydrogen-bond acceptors (Lipinski definition) is 4. The summed E-state index contributed by atoms with van der Waals surface area (Å²) in [5, 5.41) is 3.29. The van der Waals surface area contributed by atoms with E-state index in [0.717, 1.165) is 5.56 Å². The van der Waals surface area contributed by atoms with Gasteiger partial charge in [-0.15, -0.1) is 0 Å². The molecule has 0 aliphatic rings. The summed E-state index contributed by atoms with van der Waals surface area (Å²) in [6, 6.07) is 12.0. The highest BCUT2D eigenvalue weighted by molar-refractivity contribution is 7.89. The number of sulfonamides is 1. The lowest BCUT2D eigenvalue weighted by molar-refractivity contribution is -0.122. The number of carbonyl (C=O) groups excluding carboxylic acids is 1. The molecule has 0 fully saturated rings. The molecule has 0 radical (unpaired) electrons. The van der Waals surface area contributed by atoms with Crippen LogP contribution in [-0.4, -0.2) is 27.5 Å². The molecule has 1 atom stereocenters. The van der Waals surface area contributed by atoms with Crippen molar-refractivity contribution in [1.29, 1.82) is 0 Å². The van der Waals surface area contributed by atoms with Crippen LogP contribution in [0.25, 0.3) is 0 Å². The second kappa shape index (κ2) is 8.33. The van der Waals surface area contributed by atoms with Crippen LogP contribution in [0.2, 0.25) is 5.02 Å². The highest BCUT2D eigenvalue weighted by Gasteiger charge is 2.21. The largest absolute Gasteiger partial charge is 0.497 e. The molecule has 134 valence electrons. The second-order valence-corrected chi connectivity index (χ2v) is 7.51. The molecule has 0 saturated carbocycles. The number of amides is 1. The first-order valence-electron chi connectivity index (χ1n) is 7.50. The van der Waals surface area contributed by atoms with E-state index in [2.05, 4.69) is 10.0 Å². The number of carbonyl (C=O) groups is 1. The molecule has 1 unspecified atom stereocenters. The average molecular weight is 383 g/mol. The van der Waals surface area contributed by atoms with Crippen LogP contribution >= 0.6 is 11.6 Å². The van der Waals surface area contributed by atoms with Crippen molar-refractivity contribution < 1.29 is 17.9 Å². The van der Waals surface area contributed by atoms with Crippen LogP contribution in [-0.2, 0) is 21.4 Å². The maximum Gasteiger partial charge on any atom is 0.241 e. The van der Waals surface area contributed by atoms with Gasteiger partial charge in [-0.05, 0) is 48.9 Å². The van der Waals surface area contributed by atoms with Crippen LogP contribution in [0.4, 0.5) is 0 Å². The van der Waals surface area contributed by atoms with E-state index in [0.29, 0.717) is 10.8 Å². The monoisotopic (exact) mass is 382 g/mol. The molecule has 0 aliphatic carbocycles. The molecule has 0 aromatic heterocycles. The average Bonchev–Trinajstić information content (AvgIpc) is 2.60. The zero-order valence-corrected chi connectivity index (χ0v) is 15.4. The second-order valence-electron chi connectivity index (χ2n) is 5.36. The number of nitrogens with one attached hydrogen (secondary N) is 2. The molecule has 0 saturated heterocycles. The molecule has 6 nitrogen and oxygen atoms in total. The van der Waals surface area contributed by atoms with E-state index < -0.39 is 22.0 Å². The van der Waals surface area contributed by atoms with Crippen LogP contribution < -0.4 is 14.8 Å². The van der Waals surface area contributed by atoms with Crippen molar-refractivity contribution in [3.8, 4) is 5.75 Å². The van der Waals surface area contributed by atoms with Gasteiger partial charge in [0.2, 0.25) is 15.9 Å². The molecular weight excluding hydrogens is 364 g/mol. The minimum absolute atomic E-state index is 0.0608. The molecule has 0 spiro atoms. The topological polar surface area (TPSA) is 84.5 Å². The summed E-state index contributed by atoms with van der Waals surface area (Å²) in [5.74, 6) is 0.125. The summed E-state index contributed by atoms with van der Waals surface area (Å²) in [7, 11) is -2.31. The van der Waals surface area contributed by atoms with Crippen molar-refractivity contribution in [1.82, 2.24) is 10.0 Å². The van der Waals surface area contributed by atoms with Crippen LogP contribution in [0, 0.1) is 0 Å². The predicted octanol–water partition coefficient (Wildman–Crippen LogP) is 2.33. The van der Waals surface area contributed by atoms with Gasteiger partial charge in [0.25, 0.3) is 0 Å². The Morgan fingerprint density at radius 3 is 2.28 bits per heavy atom. The summed E-state index contributed by atoms with van der Waals surface area (Å²) < 4.78 is 32.0. The summed E-state index contributed by atoms with van der Waals surface area (Å²) >= 11 is 5.80. The van der Waals surface area contributed by atoms with E-state index >= 15 is 0 Å². The van der Waals surface area contributed by atoms with Crippen molar-refractivity contribution >= 4 is 27.5 Å². The van der Waals surface area contributed by atoms with Gasteiger partial charge in [0.15, 0.2) is 0 Å². The van der Waals surface area contributed by atoms with Crippen molar-refractivity contribution in [2.45, 2.75) is 24.4 Å². The van der Waals surface area contributed by atoms with E-state index in [1.807, 2.05) is 0 Å². The number of rotatable bonds is 7. The van der Waals surface area contributed by atoms with E-state index in [4.69, 9.17) is 16.3 Å². The first-order chi connectivity index (χ1) is 11.8. The summed E-state index contributed by atoms with van der Waals surface area (Å²) in [6.45, 7) is 1.77. The normalized spacial score (nSPS) is 12.4. The number of hydrogen-bond donors (Lipinski definition) is 2. The fraction of sp³-hybridized carbons (Fsp3) is 0.235. The molecule has 0 bridgehead atoms. The number of halogens is 1. The Balaban J connectivity index is 1.95. The van der Waals surface area contributed by atoms with Crippen molar-refractivity contribution in [3.63, 3.8) is 0 Å². The third-order valence-electron chi connectivity index (χ3n) is 3.47. The van der Waals surface area contributed by atoms with Gasteiger partial charge in [-0.2, -0.15) is 4.72 Å². The first-order valence-corrected chi connectivity index (χ1v) is 9.36. The standard InChI is InChI=1S/C17H19ClN2O4S/c1-12(17(21)19-11-13-3-5-14(18)6-4-13)20-25(22,23)16-9-7-15(24-2)8-10-16/h3-10,12,20H,11H2,1-2H3,(H,19,21). The molecular formula is C17H19ClN2O4S. The molecule has 1 amide bonds. The van der Waals surface area contributed by atoms with Gasteiger partial charge in [0.05, 0.1) is 18.0 Å². The van der Waals surface area contributed by atoms with Crippen LogP contribution in [0.3, 0.4) is 0 Å². The summed E-state index contributed by atoms with van der Waals surface area (Å²) in [6.07, 6.45) is 0. The minimum Gasteiger partial charge on any atom is -0.497 e. The van der Waals surface area contributed by atoms with Gasteiger partial charge in [-0.25, -0.2) is 8.42 Å². The van der Waals surface area contributed by atoms with Gasteiger partial charge in [-0.1, -0.05) is 23.7 Å². The third kappa shape index (κ3) is 5.45. The Hall–Kier alpha value is -2.09. The van der Waals surface area contributed by atoms with Gasteiger partial charge in [0, 0.05) is 11.6 Å². The van der Waals surface area contributed by atoms with Gasteiger partial charge in [0.1, 0.15) is 5.75 Å². The Bertz CT molecular complexity index is 821. The Morgan fingerprint density at radius 2 is 1.72 bits per heavy atom. The zero-order chi connectivity index (χ0) is 18.4. The number of methoxy groups -OCH3 is 1.